The minimum atomic E-state index is 0.0801. The average molecular weight is 240 g/mol. The summed E-state index contributed by atoms with van der Waals surface area (Å²) in [7, 11) is 0. The van der Waals surface area contributed by atoms with Gasteiger partial charge in [0.15, 0.2) is 0 Å². The Labute approximate surface area is 103 Å². The van der Waals surface area contributed by atoms with Crippen molar-refractivity contribution < 1.29 is 9.53 Å². The highest BCUT2D eigenvalue weighted by molar-refractivity contribution is 5.79. The molecule has 0 radical (unpaired) electrons. The molecule has 0 aliphatic carbocycles. The summed E-state index contributed by atoms with van der Waals surface area (Å²) in [5, 5.41) is 6.50. The maximum absolute atomic E-state index is 12.0. The number of hydrogen-bond donors (Lipinski definition) is 2. The highest BCUT2D eigenvalue weighted by Gasteiger charge is 2.32. The van der Waals surface area contributed by atoms with Crippen molar-refractivity contribution in [1.29, 1.82) is 0 Å². The molecule has 3 atom stereocenters. The molecule has 2 heterocycles. The predicted molar refractivity (Wildman–Crippen MR) is 66.8 cm³/mol. The maximum Gasteiger partial charge on any atom is 0.225 e. The molecule has 17 heavy (non-hydrogen) atoms. The van der Waals surface area contributed by atoms with E-state index in [0.29, 0.717) is 6.04 Å². The lowest BCUT2D eigenvalue weighted by Gasteiger charge is -2.17. The summed E-state index contributed by atoms with van der Waals surface area (Å²) in [6, 6.07) is 0.608. The molecule has 0 aromatic heterocycles. The lowest BCUT2D eigenvalue weighted by Crippen LogP contribution is -2.37. The van der Waals surface area contributed by atoms with E-state index < -0.39 is 0 Å². The van der Waals surface area contributed by atoms with E-state index >= 15 is 0 Å². The van der Waals surface area contributed by atoms with Gasteiger partial charge in [-0.1, -0.05) is 6.92 Å². The SMILES string of the molecule is CCC1OCCC1C(=O)NCCC1CCCN1. The molecule has 3 unspecified atom stereocenters. The smallest absolute Gasteiger partial charge is 0.225 e. The van der Waals surface area contributed by atoms with Crippen LogP contribution in [0.25, 0.3) is 0 Å². The van der Waals surface area contributed by atoms with Crippen LogP contribution in [0.3, 0.4) is 0 Å². The molecule has 98 valence electrons. The van der Waals surface area contributed by atoms with Gasteiger partial charge in [-0.3, -0.25) is 4.79 Å². The van der Waals surface area contributed by atoms with Crippen LogP contribution in [0.5, 0.6) is 0 Å². The van der Waals surface area contributed by atoms with Gasteiger partial charge < -0.3 is 15.4 Å². The minimum absolute atomic E-state index is 0.0801. The Morgan fingerprint density at radius 1 is 1.47 bits per heavy atom. The lowest BCUT2D eigenvalue weighted by atomic mass is 9.98. The van der Waals surface area contributed by atoms with Crippen molar-refractivity contribution in [1.82, 2.24) is 10.6 Å². The summed E-state index contributed by atoms with van der Waals surface area (Å²) in [5.41, 5.74) is 0. The first-order valence-electron chi connectivity index (χ1n) is 6.94. The zero-order valence-electron chi connectivity index (χ0n) is 10.7. The summed E-state index contributed by atoms with van der Waals surface area (Å²) in [5.74, 6) is 0.267. The van der Waals surface area contributed by atoms with Gasteiger partial charge in [0.05, 0.1) is 12.0 Å². The van der Waals surface area contributed by atoms with Crippen molar-refractivity contribution in [3.8, 4) is 0 Å². The molecule has 1 amide bonds. The number of amides is 1. The topological polar surface area (TPSA) is 50.4 Å². The summed E-state index contributed by atoms with van der Waals surface area (Å²) < 4.78 is 5.54. The Balaban J connectivity index is 1.66. The van der Waals surface area contributed by atoms with Gasteiger partial charge in [0.2, 0.25) is 5.91 Å². The Morgan fingerprint density at radius 2 is 2.35 bits per heavy atom. The van der Waals surface area contributed by atoms with E-state index in [4.69, 9.17) is 4.74 Å². The molecule has 2 rings (SSSR count). The minimum Gasteiger partial charge on any atom is -0.377 e. The van der Waals surface area contributed by atoms with Crippen molar-refractivity contribution in [2.45, 2.75) is 51.2 Å². The molecule has 2 N–H and O–H groups in total. The highest BCUT2D eigenvalue weighted by Crippen LogP contribution is 2.23. The first kappa shape index (κ1) is 12.8. The van der Waals surface area contributed by atoms with Crippen molar-refractivity contribution in [3.05, 3.63) is 0 Å². The summed E-state index contributed by atoms with van der Waals surface area (Å²) in [6.07, 6.45) is 5.52. The van der Waals surface area contributed by atoms with Gasteiger partial charge in [-0.25, -0.2) is 0 Å². The molecule has 2 saturated heterocycles. The first-order chi connectivity index (χ1) is 8.31. The van der Waals surface area contributed by atoms with Crippen LogP contribution in [0.15, 0.2) is 0 Å². The Hall–Kier alpha value is -0.610. The molecule has 0 saturated carbocycles. The van der Waals surface area contributed by atoms with Crippen LogP contribution in [0, 0.1) is 5.92 Å². The van der Waals surface area contributed by atoms with E-state index in [9.17, 15) is 4.79 Å². The fraction of sp³-hybridized carbons (Fsp3) is 0.923. The number of ether oxygens (including phenoxy) is 1. The maximum atomic E-state index is 12.0. The number of nitrogens with one attached hydrogen (secondary N) is 2. The number of rotatable bonds is 5. The average Bonchev–Trinajstić information content (AvgIpc) is 2.99. The van der Waals surface area contributed by atoms with Crippen molar-refractivity contribution >= 4 is 5.91 Å². The molecule has 0 bridgehead atoms. The van der Waals surface area contributed by atoms with Crippen LogP contribution < -0.4 is 10.6 Å². The van der Waals surface area contributed by atoms with Gasteiger partial charge in [0, 0.05) is 19.2 Å². The van der Waals surface area contributed by atoms with Crippen LogP contribution >= 0.6 is 0 Å². The number of carbonyl (C=O) groups is 1. The Kier molecular flexibility index (Phi) is 4.80. The summed E-state index contributed by atoms with van der Waals surface area (Å²) >= 11 is 0. The van der Waals surface area contributed by atoms with Gasteiger partial charge in [-0.2, -0.15) is 0 Å². The second-order valence-electron chi connectivity index (χ2n) is 5.09. The third kappa shape index (κ3) is 3.42. The predicted octanol–water partition coefficient (Wildman–Crippen LogP) is 1.06. The van der Waals surface area contributed by atoms with Gasteiger partial charge in [0.1, 0.15) is 0 Å². The lowest BCUT2D eigenvalue weighted by molar-refractivity contribution is -0.126. The molecule has 4 heteroatoms. The first-order valence-corrected chi connectivity index (χ1v) is 6.94. The number of hydrogen-bond acceptors (Lipinski definition) is 3. The van der Waals surface area contributed by atoms with E-state index in [2.05, 4.69) is 17.6 Å². The van der Waals surface area contributed by atoms with Crippen molar-refractivity contribution in [2.75, 3.05) is 19.7 Å². The van der Waals surface area contributed by atoms with E-state index in [1.807, 2.05) is 0 Å². The van der Waals surface area contributed by atoms with Crippen LogP contribution in [0.1, 0.15) is 39.0 Å². The van der Waals surface area contributed by atoms with Crippen LogP contribution in [-0.4, -0.2) is 37.7 Å². The molecular formula is C13H24N2O2. The third-order valence-corrected chi connectivity index (χ3v) is 3.90. The van der Waals surface area contributed by atoms with Crippen LogP contribution in [0.2, 0.25) is 0 Å². The standard InChI is InChI=1S/C13H24N2O2/c1-2-12-11(6-9-17-12)13(16)15-8-5-10-4-3-7-14-10/h10-12,14H,2-9H2,1H3,(H,15,16). The second kappa shape index (κ2) is 6.36. The molecular weight excluding hydrogens is 216 g/mol. The molecule has 2 fully saturated rings. The zero-order valence-corrected chi connectivity index (χ0v) is 10.7. The molecule has 0 spiro atoms. The second-order valence-corrected chi connectivity index (χ2v) is 5.09. The number of carbonyl (C=O) groups excluding carboxylic acids is 1. The van der Waals surface area contributed by atoms with Crippen LogP contribution in [0.4, 0.5) is 0 Å². The van der Waals surface area contributed by atoms with E-state index in [1.165, 1.54) is 12.8 Å². The van der Waals surface area contributed by atoms with E-state index in [-0.39, 0.29) is 17.9 Å². The molecule has 0 aromatic rings. The van der Waals surface area contributed by atoms with E-state index in [1.54, 1.807) is 0 Å². The zero-order chi connectivity index (χ0) is 12.1. The van der Waals surface area contributed by atoms with E-state index in [0.717, 1.165) is 39.0 Å². The van der Waals surface area contributed by atoms with Crippen LogP contribution in [-0.2, 0) is 9.53 Å². The van der Waals surface area contributed by atoms with Crippen molar-refractivity contribution in [3.63, 3.8) is 0 Å². The van der Waals surface area contributed by atoms with Gasteiger partial charge in [-0.05, 0) is 38.6 Å². The molecule has 0 aromatic carbocycles. The largest absolute Gasteiger partial charge is 0.377 e. The Morgan fingerprint density at radius 3 is 3.06 bits per heavy atom. The normalized spacial score (nSPS) is 32.9. The summed E-state index contributed by atoms with van der Waals surface area (Å²) in [4.78, 5) is 12.0. The molecule has 2 aliphatic heterocycles. The highest BCUT2D eigenvalue weighted by atomic mass is 16.5. The van der Waals surface area contributed by atoms with Crippen molar-refractivity contribution in [2.24, 2.45) is 5.92 Å². The fourth-order valence-corrected chi connectivity index (χ4v) is 2.85. The van der Waals surface area contributed by atoms with Gasteiger partial charge >= 0.3 is 0 Å². The quantitative estimate of drug-likeness (QED) is 0.755. The Bertz CT molecular complexity index is 252. The van der Waals surface area contributed by atoms with Gasteiger partial charge in [-0.15, -0.1) is 0 Å². The summed E-state index contributed by atoms with van der Waals surface area (Å²) in [6.45, 7) is 4.75. The fourth-order valence-electron chi connectivity index (χ4n) is 2.85. The van der Waals surface area contributed by atoms with Gasteiger partial charge in [0.25, 0.3) is 0 Å². The third-order valence-electron chi connectivity index (χ3n) is 3.90. The monoisotopic (exact) mass is 240 g/mol. The molecule has 2 aliphatic rings. The molecule has 4 nitrogen and oxygen atoms in total.